The van der Waals surface area contributed by atoms with Gasteiger partial charge in [0.25, 0.3) is 0 Å². The third-order valence-electron chi connectivity index (χ3n) is 3.48. The third kappa shape index (κ3) is 2.58. The molecule has 2 rings (SSSR count). The van der Waals surface area contributed by atoms with Crippen molar-refractivity contribution in [2.75, 3.05) is 20.2 Å². The minimum Gasteiger partial charge on any atom is -0.495 e. The van der Waals surface area contributed by atoms with E-state index in [1.807, 2.05) is 0 Å². The number of benzene rings is 1. The van der Waals surface area contributed by atoms with Crippen LogP contribution in [0.2, 0.25) is 5.02 Å². The van der Waals surface area contributed by atoms with Gasteiger partial charge in [0.1, 0.15) is 5.75 Å². The molecular weight excluding hydrogens is 234 g/mol. The highest BCUT2D eigenvalue weighted by molar-refractivity contribution is 6.32. The minimum atomic E-state index is 0.497. The van der Waals surface area contributed by atoms with Crippen LogP contribution in [0.5, 0.6) is 5.75 Å². The summed E-state index contributed by atoms with van der Waals surface area (Å²) in [5.41, 5.74) is 2.75. The van der Waals surface area contributed by atoms with E-state index >= 15 is 0 Å². The lowest BCUT2D eigenvalue weighted by Gasteiger charge is -2.19. The number of halogens is 1. The first kappa shape index (κ1) is 12.7. The van der Waals surface area contributed by atoms with Crippen molar-refractivity contribution in [2.24, 2.45) is 0 Å². The topological polar surface area (TPSA) is 21.3 Å². The van der Waals surface area contributed by atoms with Gasteiger partial charge in [0.05, 0.1) is 12.1 Å². The first-order valence-electron chi connectivity index (χ1n) is 6.21. The van der Waals surface area contributed by atoms with E-state index in [-0.39, 0.29) is 0 Å². The molecular formula is C14H20ClNO. The predicted molar refractivity (Wildman–Crippen MR) is 72.3 cm³/mol. The number of rotatable bonds is 3. The summed E-state index contributed by atoms with van der Waals surface area (Å²) in [4.78, 5) is 0. The van der Waals surface area contributed by atoms with Crippen molar-refractivity contribution in [2.45, 2.75) is 32.1 Å². The second kappa shape index (κ2) is 5.28. The summed E-state index contributed by atoms with van der Waals surface area (Å²) in [7, 11) is 1.67. The molecule has 1 atom stereocenters. The van der Waals surface area contributed by atoms with Gasteiger partial charge in [0.2, 0.25) is 0 Å². The zero-order valence-electron chi connectivity index (χ0n) is 10.7. The van der Waals surface area contributed by atoms with E-state index in [0.29, 0.717) is 11.8 Å². The van der Waals surface area contributed by atoms with Crippen molar-refractivity contribution >= 4 is 11.6 Å². The van der Waals surface area contributed by atoms with Gasteiger partial charge in [-0.2, -0.15) is 0 Å². The Kier molecular flexibility index (Phi) is 3.95. The van der Waals surface area contributed by atoms with Crippen LogP contribution >= 0.6 is 11.6 Å². The fourth-order valence-corrected chi connectivity index (χ4v) is 2.76. The second-order valence-electron chi connectivity index (χ2n) is 4.96. The SMILES string of the molecule is COc1cc(C(C)C)c(C2CCNC2)cc1Cl. The lowest BCUT2D eigenvalue weighted by Crippen LogP contribution is -2.10. The molecule has 0 spiro atoms. The molecule has 1 heterocycles. The van der Waals surface area contributed by atoms with Crippen LogP contribution in [0, 0.1) is 0 Å². The molecule has 1 N–H and O–H groups in total. The van der Waals surface area contributed by atoms with Crippen LogP contribution in [0.25, 0.3) is 0 Å². The summed E-state index contributed by atoms with van der Waals surface area (Å²) in [6.45, 7) is 6.59. The smallest absolute Gasteiger partial charge is 0.137 e. The van der Waals surface area contributed by atoms with Crippen LogP contribution in [-0.4, -0.2) is 20.2 Å². The summed E-state index contributed by atoms with van der Waals surface area (Å²) in [6, 6.07) is 4.19. The summed E-state index contributed by atoms with van der Waals surface area (Å²) in [5.74, 6) is 1.87. The van der Waals surface area contributed by atoms with Crippen LogP contribution < -0.4 is 10.1 Å². The molecule has 1 aliphatic heterocycles. The van der Waals surface area contributed by atoms with Gasteiger partial charge < -0.3 is 10.1 Å². The molecule has 17 heavy (non-hydrogen) atoms. The Morgan fingerprint density at radius 3 is 2.71 bits per heavy atom. The molecule has 0 radical (unpaired) electrons. The Labute approximate surface area is 108 Å². The highest BCUT2D eigenvalue weighted by Crippen LogP contribution is 2.37. The van der Waals surface area contributed by atoms with Crippen molar-refractivity contribution in [1.29, 1.82) is 0 Å². The third-order valence-corrected chi connectivity index (χ3v) is 3.77. The van der Waals surface area contributed by atoms with Crippen LogP contribution in [0.3, 0.4) is 0 Å². The van der Waals surface area contributed by atoms with Crippen molar-refractivity contribution in [3.05, 3.63) is 28.3 Å². The number of hydrogen-bond acceptors (Lipinski definition) is 2. The Morgan fingerprint density at radius 1 is 1.41 bits per heavy atom. The lowest BCUT2D eigenvalue weighted by molar-refractivity contribution is 0.414. The highest BCUT2D eigenvalue weighted by atomic mass is 35.5. The van der Waals surface area contributed by atoms with Gasteiger partial charge in [0.15, 0.2) is 0 Å². The van der Waals surface area contributed by atoms with E-state index in [1.54, 1.807) is 7.11 Å². The average molecular weight is 254 g/mol. The van der Waals surface area contributed by atoms with Gasteiger partial charge in [-0.05, 0) is 48.1 Å². The van der Waals surface area contributed by atoms with E-state index < -0.39 is 0 Å². The number of hydrogen-bond donors (Lipinski definition) is 1. The molecule has 1 aromatic rings. The largest absolute Gasteiger partial charge is 0.495 e. The van der Waals surface area contributed by atoms with E-state index in [4.69, 9.17) is 16.3 Å². The van der Waals surface area contributed by atoms with Gasteiger partial charge in [-0.3, -0.25) is 0 Å². The van der Waals surface area contributed by atoms with Crippen molar-refractivity contribution < 1.29 is 4.74 Å². The molecule has 1 saturated heterocycles. The Morgan fingerprint density at radius 2 is 2.18 bits per heavy atom. The van der Waals surface area contributed by atoms with Crippen molar-refractivity contribution in [1.82, 2.24) is 5.32 Å². The molecule has 0 bridgehead atoms. The van der Waals surface area contributed by atoms with Crippen molar-refractivity contribution in [3.63, 3.8) is 0 Å². The fraction of sp³-hybridized carbons (Fsp3) is 0.571. The molecule has 1 aromatic carbocycles. The van der Waals surface area contributed by atoms with Gasteiger partial charge in [0, 0.05) is 6.54 Å². The summed E-state index contributed by atoms with van der Waals surface area (Å²) in [6.07, 6.45) is 1.20. The molecule has 0 saturated carbocycles. The van der Waals surface area contributed by atoms with Crippen LogP contribution in [-0.2, 0) is 0 Å². The minimum absolute atomic E-state index is 0.497. The van der Waals surface area contributed by atoms with E-state index in [2.05, 4.69) is 31.3 Å². The second-order valence-corrected chi connectivity index (χ2v) is 5.37. The van der Waals surface area contributed by atoms with Crippen LogP contribution in [0.4, 0.5) is 0 Å². The van der Waals surface area contributed by atoms with Crippen LogP contribution in [0.15, 0.2) is 12.1 Å². The quantitative estimate of drug-likeness (QED) is 0.890. The Hall–Kier alpha value is -0.730. The molecule has 1 fully saturated rings. The van der Waals surface area contributed by atoms with Gasteiger partial charge in [-0.25, -0.2) is 0 Å². The molecule has 3 heteroatoms. The molecule has 94 valence electrons. The maximum atomic E-state index is 6.24. The zero-order chi connectivity index (χ0) is 12.4. The monoisotopic (exact) mass is 253 g/mol. The molecule has 0 amide bonds. The lowest BCUT2D eigenvalue weighted by atomic mass is 9.88. The number of ether oxygens (including phenoxy) is 1. The summed E-state index contributed by atoms with van der Waals surface area (Å²) >= 11 is 6.24. The number of nitrogens with one attached hydrogen (secondary N) is 1. The summed E-state index contributed by atoms with van der Waals surface area (Å²) in [5, 5.41) is 4.13. The summed E-state index contributed by atoms with van der Waals surface area (Å²) < 4.78 is 5.31. The normalized spacial score (nSPS) is 19.9. The molecule has 0 aliphatic carbocycles. The number of methoxy groups -OCH3 is 1. The predicted octanol–water partition coefficient (Wildman–Crippen LogP) is 3.55. The molecule has 2 nitrogen and oxygen atoms in total. The molecule has 1 aliphatic rings. The zero-order valence-corrected chi connectivity index (χ0v) is 11.5. The van der Waals surface area contributed by atoms with E-state index in [0.717, 1.165) is 23.9 Å². The fourth-order valence-electron chi connectivity index (χ4n) is 2.51. The first-order chi connectivity index (χ1) is 8.13. The maximum Gasteiger partial charge on any atom is 0.137 e. The van der Waals surface area contributed by atoms with Gasteiger partial charge >= 0.3 is 0 Å². The van der Waals surface area contributed by atoms with Gasteiger partial charge in [-0.15, -0.1) is 0 Å². The van der Waals surface area contributed by atoms with Crippen molar-refractivity contribution in [3.8, 4) is 5.75 Å². The Bertz CT molecular complexity index is 397. The first-order valence-corrected chi connectivity index (χ1v) is 6.59. The molecule has 0 aromatic heterocycles. The van der Waals surface area contributed by atoms with Crippen LogP contribution in [0.1, 0.15) is 43.2 Å². The Balaban J connectivity index is 2.44. The highest BCUT2D eigenvalue weighted by Gasteiger charge is 2.22. The van der Waals surface area contributed by atoms with Gasteiger partial charge in [-0.1, -0.05) is 25.4 Å². The molecule has 1 unspecified atom stereocenters. The average Bonchev–Trinajstić information content (AvgIpc) is 2.81. The van der Waals surface area contributed by atoms with E-state index in [9.17, 15) is 0 Å². The van der Waals surface area contributed by atoms with E-state index in [1.165, 1.54) is 17.5 Å². The maximum absolute atomic E-state index is 6.24. The standard InChI is InChI=1S/C14H20ClNO/c1-9(2)11-7-14(17-3)13(15)6-12(11)10-4-5-16-8-10/h6-7,9-10,16H,4-5,8H2,1-3H3.